The number of hydrogen-bond donors (Lipinski definition) is 1. The van der Waals surface area contributed by atoms with Crippen molar-refractivity contribution in [1.29, 1.82) is 0 Å². The molecule has 1 aliphatic heterocycles. The fraction of sp³-hybridized carbons (Fsp3) is 1.00. The molecule has 2 rings (SSSR count). The highest BCUT2D eigenvalue weighted by atomic mass is 16.5. The van der Waals surface area contributed by atoms with Gasteiger partial charge in [0.15, 0.2) is 0 Å². The van der Waals surface area contributed by atoms with E-state index in [-0.39, 0.29) is 0 Å². The summed E-state index contributed by atoms with van der Waals surface area (Å²) in [5, 5.41) is 3.69. The quantitative estimate of drug-likeness (QED) is 0.771. The fourth-order valence-corrected chi connectivity index (χ4v) is 3.22. The number of ether oxygens (including phenoxy) is 1. The summed E-state index contributed by atoms with van der Waals surface area (Å²) in [6.07, 6.45) is 3.70. The van der Waals surface area contributed by atoms with Gasteiger partial charge < -0.3 is 10.1 Å². The minimum atomic E-state index is 0.430. The molecule has 1 saturated heterocycles. The summed E-state index contributed by atoms with van der Waals surface area (Å²) in [4.78, 5) is 0. The van der Waals surface area contributed by atoms with Gasteiger partial charge in [0.05, 0.1) is 12.2 Å². The van der Waals surface area contributed by atoms with Gasteiger partial charge in [-0.1, -0.05) is 13.8 Å². The van der Waals surface area contributed by atoms with Gasteiger partial charge in [0.25, 0.3) is 0 Å². The van der Waals surface area contributed by atoms with Crippen LogP contribution in [0.1, 0.15) is 40.5 Å². The van der Waals surface area contributed by atoms with E-state index in [1.54, 1.807) is 0 Å². The normalized spacial score (nSPS) is 43.2. The Morgan fingerprint density at radius 3 is 2.27 bits per heavy atom. The topological polar surface area (TPSA) is 21.3 Å². The van der Waals surface area contributed by atoms with Crippen molar-refractivity contribution in [3.8, 4) is 0 Å². The Morgan fingerprint density at radius 2 is 1.87 bits per heavy atom. The first-order valence-corrected chi connectivity index (χ1v) is 6.54. The molecule has 2 heteroatoms. The van der Waals surface area contributed by atoms with Crippen LogP contribution in [0.2, 0.25) is 0 Å². The lowest BCUT2D eigenvalue weighted by atomic mass is 9.81. The van der Waals surface area contributed by atoms with Crippen LogP contribution in [0.5, 0.6) is 0 Å². The summed E-state index contributed by atoms with van der Waals surface area (Å²) >= 11 is 0. The standard InChI is InChI=1S/C13H25NO/c1-5-14-13(11-6-7-11)12-8(2)9(3)15-10(12)4/h8-14H,5-7H2,1-4H3. The molecule has 0 aromatic heterocycles. The van der Waals surface area contributed by atoms with Crippen LogP contribution < -0.4 is 5.32 Å². The third kappa shape index (κ3) is 2.21. The first-order chi connectivity index (χ1) is 7.15. The minimum absolute atomic E-state index is 0.430. The smallest absolute Gasteiger partial charge is 0.0597 e. The molecule has 0 bridgehead atoms. The van der Waals surface area contributed by atoms with E-state index >= 15 is 0 Å². The van der Waals surface area contributed by atoms with Crippen LogP contribution in [-0.4, -0.2) is 24.8 Å². The third-order valence-corrected chi connectivity index (χ3v) is 4.30. The van der Waals surface area contributed by atoms with Gasteiger partial charge in [0, 0.05) is 12.0 Å². The Balaban J connectivity index is 2.05. The van der Waals surface area contributed by atoms with Crippen molar-refractivity contribution in [2.45, 2.75) is 58.8 Å². The van der Waals surface area contributed by atoms with Crippen molar-refractivity contribution >= 4 is 0 Å². The maximum Gasteiger partial charge on any atom is 0.0597 e. The molecule has 0 spiro atoms. The van der Waals surface area contributed by atoms with Crippen molar-refractivity contribution in [2.75, 3.05) is 6.54 Å². The van der Waals surface area contributed by atoms with Crippen LogP contribution >= 0.6 is 0 Å². The number of nitrogens with one attached hydrogen (secondary N) is 1. The van der Waals surface area contributed by atoms with Crippen molar-refractivity contribution in [3.05, 3.63) is 0 Å². The second-order valence-corrected chi connectivity index (χ2v) is 5.40. The second kappa shape index (κ2) is 4.42. The predicted molar refractivity (Wildman–Crippen MR) is 62.9 cm³/mol. The molecule has 1 N–H and O–H groups in total. The van der Waals surface area contributed by atoms with Crippen LogP contribution in [0.25, 0.3) is 0 Å². The fourth-order valence-electron chi connectivity index (χ4n) is 3.22. The lowest BCUT2D eigenvalue weighted by Gasteiger charge is -2.29. The molecule has 5 atom stereocenters. The summed E-state index contributed by atoms with van der Waals surface area (Å²) < 4.78 is 5.95. The minimum Gasteiger partial charge on any atom is -0.375 e. The van der Waals surface area contributed by atoms with Crippen LogP contribution in [0, 0.1) is 17.8 Å². The second-order valence-electron chi connectivity index (χ2n) is 5.40. The molecule has 5 unspecified atom stereocenters. The van der Waals surface area contributed by atoms with Crippen molar-refractivity contribution < 1.29 is 4.74 Å². The SMILES string of the molecule is CCNC(C1CC1)C1C(C)OC(C)C1C. The molecule has 0 amide bonds. The Bertz CT molecular complexity index is 215. The Kier molecular flexibility index (Phi) is 3.36. The summed E-state index contributed by atoms with van der Waals surface area (Å²) in [7, 11) is 0. The van der Waals surface area contributed by atoms with Gasteiger partial charge in [-0.15, -0.1) is 0 Å². The molecule has 0 aromatic carbocycles. The molecule has 0 aromatic rings. The van der Waals surface area contributed by atoms with E-state index in [0.29, 0.717) is 30.1 Å². The van der Waals surface area contributed by atoms with E-state index in [0.717, 1.165) is 12.5 Å². The largest absolute Gasteiger partial charge is 0.375 e. The summed E-state index contributed by atoms with van der Waals surface area (Å²) in [6.45, 7) is 10.1. The highest BCUT2D eigenvalue weighted by molar-refractivity contribution is 4.98. The molecule has 2 fully saturated rings. The molecule has 2 nitrogen and oxygen atoms in total. The van der Waals surface area contributed by atoms with Crippen LogP contribution in [0.15, 0.2) is 0 Å². The molecule has 2 aliphatic rings. The lowest BCUT2D eigenvalue weighted by molar-refractivity contribution is 0.0466. The molecule has 1 heterocycles. The lowest BCUT2D eigenvalue weighted by Crippen LogP contribution is -2.43. The molecule has 1 saturated carbocycles. The van der Waals surface area contributed by atoms with Gasteiger partial charge in [0.1, 0.15) is 0 Å². The molecule has 0 radical (unpaired) electrons. The molecular formula is C13H25NO. The Labute approximate surface area is 93.8 Å². The average molecular weight is 211 g/mol. The van der Waals surface area contributed by atoms with Gasteiger partial charge in [-0.2, -0.15) is 0 Å². The van der Waals surface area contributed by atoms with Crippen molar-refractivity contribution in [1.82, 2.24) is 5.32 Å². The predicted octanol–water partition coefficient (Wildman–Crippen LogP) is 2.43. The Morgan fingerprint density at radius 1 is 1.20 bits per heavy atom. The van der Waals surface area contributed by atoms with Gasteiger partial charge in [0.2, 0.25) is 0 Å². The summed E-state index contributed by atoms with van der Waals surface area (Å²) in [6, 6.07) is 0.699. The summed E-state index contributed by atoms with van der Waals surface area (Å²) in [5.74, 6) is 2.34. The monoisotopic (exact) mass is 211 g/mol. The Hall–Kier alpha value is -0.0800. The third-order valence-electron chi connectivity index (χ3n) is 4.30. The molecule has 1 aliphatic carbocycles. The van der Waals surface area contributed by atoms with Crippen molar-refractivity contribution in [2.24, 2.45) is 17.8 Å². The average Bonchev–Trinajstić information content (AvgIpc) is 2.96. The maximum atomic E-state index is 5.95. The zero-order valence-corrected chi connectivity index (χ0v) is 10.5. The zero-order chi connectivity index (χ0) is 11.0. The first kappa shape index (κ1) is 11.4. The van der Waals surface area contributed by atoms with E-state index in [1.165, 1.54) is 12.8 Å². The first-order valence-electron chi connectivity index (χ1n) is 6.54. The van der Waals surface area contributed by atoms with Gasteiger partial charge >= 0.3 is 0 Å². The zero-order valence-electron chi connectivity index (χ0n) is 10.5. The van der Waals surface area contributed by atoms with E-state index in [9.17, 15) is 0 Å². The number of hydrogen-bond acceptors (Lipinski definition) is 2. The van der Waals surface area contributed by atoms with E-state index < -0.39 is 0 Å². The molecule has 15 heavy (non-hydrogen) atoms. The number of rotatable bonds is 4. The molecular weight excluding hydrogens is 186 g/mol. The van der Waals surface area contributed by atoms with E-state index in [2.05, 4.69) is 33.0 Å². The highest BCUT2D eigenvalue weighted by Crippen LogP contribution is 2.43. The maximum absolute atomic E-state index is 5.95. The van der Waals surface area contributed by atoms with Gasteiger partial charge in [-0.05, 0) is 45.1 Å². The van der Waals surface area contributed by atoms with Crippen LogP contribution in [0.4, 0.5) is 0 Å². The van der Waals surface area contributed by atoms with Crippen LogP contribution in [-0.2, 0) is 4.74 Å². The van der Waals surface area contributed by atoms with Crippen LogP contribution in [0.3, 0.4) is 0 Å². The molecule has 88 valence electrons. The van der Waals surface area contributed by atoms with Crippen molar-refractivity contribution in [3.63, 3.8) is 0 Å². The van der Waals surface area contributed by atoms with Gasteiger partial charge in [-0.25, -0.2) is 0 Å². The van der Waals surface area contributed by atoms with E-state index in [4.69, 9.17) is 4.74 Å². The highest BCUT2D eigenvalue weighted by Gasteiger charge is 2.46. The van der Waals surface area contributed by atoms with E-state index in [1.807, 2.05) is 0 Å². The summed E-state index contributed by atoms with van der Waals surface area (Å²) in [5.41, 5.74) is 0. The van der Waals surface area contributed by atoms with Gasteiger partial charge in [-0.3, -0.25) is 0 Å².